The van der Waals surface area contributed by atoms with Crippen molar-refractivity contribution in [2.24, 2.45) is 0 Å². The lowest BCUT2D eigenvalue weighted by Gasteiger charge is -2.18. The second kappa shape index (κ2) is 6.20. The Morgan fingerprint density at radius 2 is 2.04 bits per heavy atom. The zero-order valence-corrected chi connectivity index (χ0v) is 14.5. The minimum absolute atomic E-state index is 0.0905. The first-order chi connectivity index (χ1) is 11.0. The zero-order chi connectivity index (χ0) is 16.6. The summed E-state index contributed by atoms with van der Waals surface area (Å²) in [5.74, 6) is -0.280. The van der Waals surface area contributed by atoms with Gasteiger partial charge in [-0.25, -0.2) is 0 Å². The number of halogens is 1. The highest BCUT2D eigenvalue weighted by Gasteiger charge is 2.34. The van der Waals surface area contributed by atoms with E-state index in [0.29, 0.717) is 17.6 Å². The minimum Gasteiger partial charge on any atom is -0.444 e. The molecule has 6 heteroatoms. The number of rotatable bonds is 3. The Hall–Kier alpha value is -2.08. The Balaban J connectivity index is 1.71. The largest absolute Gasteiger partial charge is 0.444 e. The number of amides is 2. The van der Waals surface area contributed by atoms with Crippen molar-refractivity contribution in [2.45, 2.75) is 26.3 Å². The minimum atomic E-state index is -0.520. The molecule has 3 rings (SSSR count). The molecule has 2 heterocycles. The Labute approximate surface area is 142 Å². The highest BCUT2D eigenvalue weighted by molar-refractivity contribution is 9.10. The van der Waals surface area contributed by atoms with Crippen molar-refractivity contribution in [2.75, 3.05) is 11.4 Å². The molecule has 1 saturated heterocycles. The molecule has 1 atom stereocenters. The van der Waals surface area contributed by atoms with Gasteiger partial charge in [-0.3, -0.25) is 9.59 Å². The summed E-state index contributed by atoms with van der Waals surface area (Å²) in [5, 5.41) is 2.74. The molecule has 1 aliphatic rings. The number of hydrogen-bond donors (Lipinski definition) is 1. The molecule has 1 aliphatic heterocycles. The van der Waals surface area contributed by atoms with Gasteiger partial charge < -0.3 is 14.6 Å². The van der Waals surface area contributed by atoms with Crippen LogP contribution in [0.2, 0.25) is 0 Å². The van der Waals surface area contributed by atoms with Gasteiger partial charge in [0.2, 0.25) is 5.91 Å². The second-order valence-electron chi connectivity index (χ2n) is 5.68. The second-order valence-corrected chi connectivity index (χ2v) is 6.46. The van der Waals surface area contributed by atoms with Crippen molar-refractivity contribution >= 4 is 33.4 Å². The Morgan fingerprint density at radius 3 is 2.70 bits per heavy atom. The van der Waals surface area contributed by atoms with Crippen molar-refractivity contribution in [1.82, 2.24) is 5.32 Å². The van der Waals surface area contributed by atoms with Gasteiger partial charge in [-0.15, -0.1) is 0 Å². The maximum Gasteiger partial charge on any atom is 0.287 e. The lowest BCUT2D eigenvalue weighted by molar-refractivity contribution is -0.118. The van der Waals surface area contributed by atoms with Crippen LogP contribution in [0.1, 0.15) is 28.1 Å². The van der Waals surface area contributed by atoms with Gasteiger partial charge in [-0.05, 0) is 71.6 Å². The van der Waals surface area contributed by atoms with Crippen LogP contribution >= 0.6 is 15.9 Å². The summed E-state index contributed by atoms with van der Waals surface area (Å²) >= 11 is 3.16. The number of hydrogen-bond acceptors (Lipinski definition) is 3. The number of nitrogens with one attached hydrogen (secondary N) is 1. The van der Waals surface area contributed by atoms with E-state index in [9.17, 15) is 9.59 Å². The number of aryl methyl sites for hydroxylation is 2. The zero-order valence-electron chi connectivity index (χ0n) is 12.9. The Morgan fingerprint density at radius 1 is 1.26 bits per heavy atom. The molecule has 0 aliphatic carbocycles. The summed E-state index contributed by atoms with van der Waals surface area (Å²) in [7, 11) is 0. The number of carbonyl (C=O) groups excluding carboxylic acids is 2. The predicted octanol–water partition coefficient (Wildman–Crippen LogP) is 3.19. The third-order valence-electron chi connectivity index (χ3n) is 4.11. The highest BCUT2D eigenvalue weighted by atomic mass is 79.9. The highest BCUT2D eigenvalue weighted by Crippen LogP contribution is 2.24. The van der Waals surface area contributed by atoms with Crippen LogP contribution in [0, 0.1) is 13.8 Å². The predicted molar refractivity (Wildman–Crippen MR) is 90.5 cm³/mol. The maximum atomic E-state index is 12.5. The van der Waals surface area contributed by atoms with E-state index < -0.39 is 6.04 Å². The Kier molecular flexibility index (Phi) is 4.26. The van der Waals surface area contributed by atoms with E-state index in [-0.39, 0.29) is 17.6 Å². The van der Waals surface area contributed by atoms with E-state index in [1.165, 1.54) is 5.56 Å². The third-order valence-corrected chi connectivity index (χ3v) is 4.54. The number of benzene rings is 1. The van der Waals surface area contributed by atoms with Gasteiger partial charge in [-0.1, -0.05) is 6.07 Å². The molecule has 2 aromatic rings. The van der Waals surface area contributed by atoms with Crippen LogP contribution in [-0.2, 0) is 4.79 Å². The smallest absolute Gasteiger partial charge is 0.287 e. The fourth-order valence-corrected chi connectivity index (χ4v) is 2.94. The van der Waals surface area contributed by atoms with Crippen molar-refractivity contribution in [3.05, 3.63) is 51.9 Å². The van der Waals surface area contributed by atoms with Gasteiger partial charge in [-0.2, -0.15) is 0 Å². The van der Waals surface area contributed by atoms with Gasteiger partial charge in [0.15, 0.2) is 10.4 Å². The van der Waals surface area contributed by atoms with Crippen molar-refractivity contribution < 1.29 is 14.0 Å². The van der Waals surface area contributed by atoms with Crippen LogP contribution in [0.3, 0.4) is 0 Å². The van der Waals surface area contributed by atoms with Crippen molar-refractivity contribution in [3.8, 4) is 0 Å². The molecule has 120 valence electrons. The molecular formula is C17H17BrN2O3. The molecule has 0 radical (unpaired) electrons. The molecule has 23 heavy (non-hydrogen) atoms. The molecule has 1 fully saturated rings. The molecule has 0 spiro atoms. The van der Waals surface area contributed by atoms with E-state index >= 15 is 0 Å². The first-order valence-electron chi connectivity index (χ1n) is 7.40. The van der Waals surface area contributed by atoms with Crippen LogP contribution in [0.5, 0.6) is 0 Å². The summed E-state index contributed by atoms with van der Waals surface area (Å²) in [4.78, 5) is 26.4. The van der Waals surface area contributed by atoms with Gasteiger partial charge in [0.25, 0.3) is 5.91 Å². The number of nitrogens with zero attached hydrogens (tertiary/aromatic N) is 1. The van der Waals surface area contributed by atoms with Crippen LogP contribution in [-0.4, -0.2) is 24.4 Å². The molecule has 1 aromatic carbocycles. The third kappa shape index (κ3) is 3.17. The topological polar surface area (TPSA) is 62.6 Å². The molecule has 0 unspecified atom stereocenters. The van der Waals surface area contributed by atoms with E-state index in [1.54, 1.807) is 17.0 Å². The quantitative estimate of drug-likeness (QED) is 0.894. The molecule has 0 bridgehead atoms. The SMILES string of the molecule is Cc1ccc(N2CC[C@H](NC(=O)c3ccc(Br)o3)C2=O)cc1C. The summed E-state index contributed by atoms with van der Waals surface area (Å²) in [6.45, 7) is 4.65. The number of anilines is 1. The molecule has 5 nitrogen and oxygen atoms in total. The van der Waals surface area contributed by atoms with E-state index in [4.69, 9.17) is 4.42 Å². The number of carbonyl (C=O) groups is 2. The van der Waals surface area contributed by atoms with Gasteiger partial charge in [0, 0.05) is 12.2 Å². The summed E-state index contributed by atoms with van der Waals surface area (Å²) < 4.78 is 5.69. The molecule has 2 amide bonds. The fraction of sp³-hybridized carbons (Fsp3) is 0.294. The van der Waals surface area contributed by atoms with E-state index in [1.807, 2.05) is 32.0 Å². The summed E-state index contributed by atoms with van der Waals surface area (Å²) in [6.07, 6.45) is 0.583. The lowest BCUT2D eigenvalue weighted by atomic mass is 10.1. The normalized spacial score (nSPS) is 17.6. The number of furan rings is 1. The monoisotopic (exact) mass is 376 g/mol. The average molecular weight is 377 g/mol. The standard InChI is InChI=1S/C17H17BrN2O3/c1-10-3-4-12(9-11(10)2)20-8-7-13(17(20)22)19-16(21)14-5-6-15(18)23-14/h3-6,9,13H,7-8H2,1-2H3,(H,19,21)/t13-/m0/s1. The fourth-order valence-electron chi connectivity index (χ4n) is 2.63. The van der Waals surface area contributed by atoms with Crippen molar-refractivity contribution in [3.63, 3.8) is 0 Å². The van der Waals surface area contributed by atoms with Crippen LogP contribution in [0.15, 0.2) is 39.4 Å². The van der Waals surface area contributed by atoms with E-state index in [0.717, 1.165) is 11.3 Å². The summed E-state index contributed by atoms with van der Waals surface area (Å²) in [6, 6.07) is 8.64. The Bertz CT molecular complexity index is 769. The lowest BCUT2D eigenvalue weighted by Crippen LogP contribution is -2.41. The molecule has 1 N–H and O–H groups in total. The molecular weight excluding hydrogens is 360 g/mol. The first-order valence-corrected chi connectivity index (χ1v) is 8.20. The van der Waals surface area contributed by atoms with Crippen LogP contribution in [0.4, 0.5) is 5.69 Å². The van der Waals surface area contributed by atoms with Crippen LogP contribution < -0.4 is 10.2 Å². The molecule has 0 saturated carbocycles. The maximum absolute atomic E-state index is 12.5. The van der Waals surface area contributed by atoms with Crippen LogP contribution in [0.25, 0.3) is 0 Å². The van der Waals surface area contributed by atoms with Gasteiger partial charge in [0.1, 0.15) is 6.04 Å². The van der Waals surface area contributed by atoms with Gasteiger partial charge >= 0.3 is 0 Å². The van der Waals surface area contributed by atoms with Gasteiger partial charge in [0.05, 0.1) is 0 Å². The van der Waals surface area contributed by atoms with Crippen molar-refractivity contribution in [1.29, 1.82) is 0 Å². The average Bonchev–Trinajstić information content (AvgIpc) is 3.09. The first kappa shape index (κ1) is 15.8. The van der Waals surface area contributed by atoms with E-state index in [2.05, 4.69) is 21.2 Å². The summed E-state index contributed by atoms with van der Waals surface area (Å²) in [5.41, 5.74) is 3.20. The molecule has 1 aromatic heterocycles.